The molecule has 1 aliphatic heterocycles. The highest BCUT2D eigenvalue weighted by Gasteiger charge is 2.29. The van der Waals surface area contributed by atoms with Gasteiger partial charge in [-0.05, 0) is 54.8 Å². The molecule has 5 aromatic rings. The van der Waals surface area contributed by atoms with Crippen LogP contribution in [-0.4, -0.2) is 64.2 Å². The number of piperazine rings is 1. The predicted octanol–water partition coefficient (Wildman–Crippen LogP) is 5.64. The fraction of sp³-hybridized carbons (Fsp3) is 0.257. The summed E-state index contributed by atoms with van der Waals surface area (Å²) in [4.78, 5) is 45.8. The number of thiazole rings is 1. The van der Waals surface area contributed by atoms with E-state index in [4.69, 9.17) is 4.74 Å². The van der Waals surface area contributed by atoms with Crippen LogP contribution in [0.4, 0.5) is 15.2 Å². The number of carboxylic acid groups (broad SMARTS) is 1. The second kappa shape index (κ2) is 13.0. The van der Waals surface area contributed by atoms with Gasteiger partial charge in [-0.1, -0.05) is 30.3 Å². The van der Waals surface area contributed by atoms with E-state index in [1.807, 2.05) is 69.8 Å². The van der Waals surface area contributed by atoms with Crippen LogP contribution in [0.2, 0.25) is 0 Å². The SMILES string of the molecule is O=C(CN1CCN(c2cc3c(cc2F)c(=O)c(C(=O)O)cn3C2CC2)CC1)Nc1nc(-c2ccc(OCc3ccccc3)cc2)cs1. The van der Waals surface area contributed by atoms with Crippen LogP contribution < -0.4 is 20.4 Å². The van der Waals surface area contributed by atoms with E-state index in [1.165, 1.54) is 17.5 Å². The summed E-state index contributed by atoms with van der Waals surface area (Å²) in [5, 5.41) is 14.9. The second-order valence-corrected chi connectivity index (χ2v) is 12.6. The largest absolute Gasteiger partial charge is 0.489 e. The van der Waals surface area contributed by atoms with E-state index in [0.29, 0.717) is 49.1 Å². The van der Waals surface area contributed by atoms with E-state index >= 15 is 4.39 Å². The number of anilines is 2. The Morgan fingerprint density at radius 3 is 2.47 bits per heavy atom. The molecule has 3 heterocycles. The molecule has 0 spiro atoms. The molecule has 47 heavy (non-hydrogen) atoms. The average Bonchev–Trinajstić information content (AvgIpc) is 3.82. The van der Waals surface area contributed by atoms with Gasteiger partial charge in [0.1, 0.15) is 23.7 Å². The molecule has 2 N–H and O–H groups in total. The minimum Gasteiger partial charge on any atom is -0.489 e. The molecule has 2 aliphatic rings. The molecule has 1 aliphatic carbocycles. The Balaban J connectivity index is 0.942. The first kappa shape index (κ1) is 30.6. The van der Waals surface area contributed by atoms with Gasteiger partial charge in [-0.25, -0.2) is 14.2 Å². The summed E-state index contributed by atoms with van der Waals surface area (Å²) in [7, 11) is 0. The third kappa shape index (κ3) is 6.74. The zero-order valence-corrected chi connectivity index (χ0v) is 26.2. The highest BCUT2D eigenvalue weighted by molar-refractivity contribution is 7.14. The van der Waals surface area contributed by atoms with Crippen molar-refractivity contribution in [3.8, 4) is 17.0 Å². The summed E-state index contributed by atoms with van der Waals surface area (Å²) >= 11 is 1.36. The van der Waals surface area contributed by atoms with Crippen LogP contribution in [0.1, 0.15) is 34.8 Å². The highest BCUT2D eigenvalue weighted by atomic mass is 32.1. The van der Waals surface area contributed by atoms with E-state index < -0.39 is 17.2 Å². The molecule has 2 fully saturated rings. The van der Waals surface area contributed by atoms with Crippen LogP contribution in [0.15, 0.2) is 83.1 Å². The van der Waals surface area contributed by atoms with Crippen molar-refractivity contribution in [1.82, 2.24) is 14.5 Å². The number of aromatic nitrogens is 2. The fourth-order valence-corrected chi connectivity index (χ4v) is 6.58. The third-order valence-corrected chi connectivity index (χ3v) is 9.26. The number of rotatable bonds is 10. The molecule has 1 saturated carbocycles. The van der Waals surface area contributed by atoms with E-state index in [0.717, 1.165) is 41.5 Å². The van der Waals surface area contributed by atoms with Gasteiger partial charge in [-0.3, -0.25) is 14.5 Å². The highest BCUT2D eigenvalue weighted by Crippen LogP contribution is 2.38. The van der Waals surface area contributed by atoms with Gasteiger partial charge in [-0.2, -0.15) is 0 Å². The minimum atomic E-state index is -1.32. The van der Waals surface area contributed by atoms with Crippen LogP contribution in [0, 0.1) is 5.82 Å². The Morgan fingerprint density at radius 2 is 1.77 bits per heavy atom. The van der Waals surface area contributed by atoms with E-state index in [2.05, 4.69) is 10.3 Å². The number of nitrogens with one attached hydrogen (secondary N) is 1. The number of hydrogen-bond donors (Lipinski definition) is 2. The van der Waals surface area contributed by atoms with Crippen molar-refractivity contribution in [1.29, 1.82) is 0 Å². The lowest BCUT2D eigenvalue weighted by molar-refractivity contribution is -0.117. The minimum absolute atomic E-state index is 0.0727. The van der Waals surface area contributed by atoms with Gasteiger partial charge in [0, 0.05) is 54.7 Å². The first-order valence-corrected chi connectivity index (χ1v) is 16.3. The molecule has 12 heteroatoms. The fourth-order valence-electron chi connectivity index (χ4n) is 5.84. The third-order valence-electron chi connectivity index (χ3n) is 8.50. The van der Waals surface area contributed by atoms with Gasteiger partial charge >= 0.3 is 5.97 Å². The molecule has 0 radical (unpaired) electrons. The summed E-state index contributed by atoms with van der Waals surface area (Å²) in [6, 6.07) is 20.6. The molecule has 0 unspecified atom stereocenters. The Morgan fingerprint density at radius 1 is 1.02 bits per heavy atom. The summed E-state index contributed by atoms with van der Waals surface area (Å²) in [5.74, 6) is -1.30. The van der Waals surface area contributed by atoms with Crippen molar-refractivity contribution < 1.29 is 23.8 Å². The Labute approximate surface area is 273 Å². The standard InChI is InChI=1S/C35H32FN5O5S/c36-28-16-26-30(41(24-8-9-24)18-27(33(26)43)34(44)45)17-31(28)40-14-12-39(13-15-40)19-32(42)38-35-37-29(21-47-35)23-6-10-25(11-7-23)46-20-22-4-2-1-3-5-22/h1-7,10-11,16-18,21,24H,8-9,12-15,19-20H2,(H,44,45)(H,37,38,42). The Bertz CT molecular complexity index is 2000. The number of benzene rings is 3. The number of amides is 1. The number of ether oxygens (including phenoxy) is 1. The number of nitrogens with zero attached hydrogens (tertiary/aromatic N) is 4. The van der Waals surface area contributed by atoms with Crippen LogP contribution >= 0.6 is 11.3 Å². The van der Waals surface area contributed by atoms with Gasteiger partial charge in [0.2, 0.25) is 11.3 Å². The van der Waals surface area contributed by atoms with Crippen molar-refractivity contribution in [2.75, 3.05) is 42.9 Å². The van der Waals surface area contributed by atoms with Crippen LogP contribution in [-0.2, 0) is 11.4 Å². The smallest absolute Gasteiger partial charge is 0.341 e. The summed E-state index contributed by atoms with van der Waals surface area (Å²) in [6.07, 6.45) is 3.14. The second-order valence-electron chi connectivity index (χ2n) is 11.8. The molecular weight excluding hydrogens is 621 g/mol. The number of pyridine rings is 1. The number of carbonyl (C=O) groups excluding carboxylic acids is 1. The molecule has 0 atom stereocenters. The van der Waals surface area contributed by atoms with Crippen molar-refractivity contribution in [3.05, 3.63) is 105 Å². The molecule has 10 nitrogen and oxygen atoms in total. The number of hydrogen-bond acceptors (Lipinski definition) is 8. The lowest BCUT2D eigenvalue weighted by Crippen LogP contribution is -2.49. The predicted molar refractivity (Wildman–Crippen MR) is 179 cm³/mol. The lowest BCUT2D eigenvalue weighted by Gasteiger charge is -2.36. The molecule has 1 saturated heterocycles. The lowest BCUT2D eigenvalue weighted by atomic mass is 10.1. The normalized spacial score (nSPS) is 15.1. The Kier molecular flexibility index (Phi) is 8.44. The monoisotopic (exact) mass is 653 g/mol. The topological polar surface area (TPSA) is 117 Å². The molecule has 3 aromatic carbocycles. The molecule has 7 rings (SSSR count). The van der Waals surface area contributed by atoms with Gasteiger partial charge in [0.25, 0.3) is 0 Å². The number of carbonyl (C=O) groups is 2. The molecule has 240 valence electrons. The van der Waals surface area contributed by atoms with E-state index in [1.54, 1.807) is 10.6 Å². The van der Waals surface area contributed by atoms with Crippen LogP contribution in [0.5, 0.6) is 5.75 Å². The zero-order valence-electron chi connectivity index (χ0n) is 25.4. The van der Waals surface area contributed by atoms with Crippen LogP contribution in [0.3, 0.4) is 0 Å². The maximum absolute atomic E-state index is 15.3. The van der Waals surface area contributed by atoms with Crippen molar-refractivity contribution in [2.45, 2.75) is 25.5 Å². The van der Waals surface area contributed by atoms with E-state index in [9.17, 15) is 19.5 Å². The molecular formula is C35H32FN5O5S. The average molecular weight is 654 g/mol. The Hall–Kier alpha value is -5.07. The van der Waals surface area contributed by atoms with Crippen molar-refractivity contribution >= 4 is 44.9 Å². The number of aromatic carboxylic acids is 1. The maximum atomic E-state index is 15.3. The summed E-state index contributed by atoms with van der Waals surface area (Å²) < 4.78 is 23.0. The molecule has 2 aromatic heterocycles. The first-order valence-electron chi connectivity index (χ1n) is 15.4. The van der Waals surface area contributed by atoms with Gasteiger partial charge in [-0.15, -0.1) is 11.3 Å². The van der Waals surface area contributed by atoms with E-state index in [-0.39, 0.29) is 29.4 Å². The number of halogens is 1. The van der Waals surface area contributed by atoms with Crippen molar-refractivity contribution in [2.24, 2.45) is 0 Å². The maximum Gasteiger partial charge on any atom is 0.341 e. The quantitative estimate of drug-likeness (QED) is 0.199. The van der Waals surface area contributed by atoms with Gasteiger partial charge < -0.3 is 24.6 Å². The van der Waals surface area contributed by atoms with Gasteiger partial charge in [0.05, 0.1) is 23.4 Å². The molecule has 1 amide bonds. The molecule has 0 bridgehead atoms. The van der Waals surface area contributed by atoms with Gasteiger partial charge in [0.15, 0.2) is 5.13 Å². The number of carboxylic acids is 1. The van der Waals surface area contributed by atoms with Crippen molar-refractivity contribution in [3.63, 3.8) is 0 Å². The summed E-state index contributed by atoms with van der Waals surface area (Å²) in [6.45, 7) is 2.73. The zero-order chi connectivity index (χ0) is 32.5. The first-order chi connectivity index (χ1) is 22.8. The number of fused-ring (bicyclic) bond motifs is 1. The summed E-state index contributed by atoms with van der Waals surface area (Å²) in [5.41, 5.74) is 2.65. The van der Waals surface area contributed by atoms with Crippen LogP contribution in [0.25, 0.3) is 22.2 Å².